The van der Waals surface area contributed by atoms with Crippen molar-refractivity contribution < 1.29 is 4.79 Å². The van der Waals surface area contributed by atoms with E-state index in [9.17, 15) is 9.59 Å². The van der Waals surface area contributed by atoms with Crippen LogP contribution in [0.15, 0.2) is 4.79 Å². The molecule has 4 N–H and O–H groups in total. The second kappa shape index (κ2) is 5.88. The number of hydrogen-bond donors (Lipinski definition) is 4. The highest BCUT2D eigenvalue weighted by Crippen LogP contribution is 2.62. The molecule has 4 bridgehead atoms. The molecule has 4 aliphatic carbocycles. The van der Waals surface area contributed by atoms with E-state index in [0.29, 0.717) is 11.2 Å². The van der Waals surface area contributed by atoms with Gasteiger partial charge in [0.15, 0.2) is 0 Å². The maximum atomic E-state index is 12.3. The van der Waals surface area contributed by atoms with Gasteiger partial charge in [-0.2, -0.15) is 5.10 Å². The van der Waals surface area contributed by atoms with Gasteiger partial charge in [-0.3, -0.25) is 4.98 Å². The van der Waals surface area contributed by atoms with Crippen LogP contribution in [0, 0.1) is 23.2 Å². The van der Waals surface area contributed by atoms with Gasteiger partial charge in [0.25, 0.3) is 0 Å². The molecule has 7 heteroatoms. The smallest absolute Gasteiger partial charge is 0.333 e. The lowest BCUT2D eigenvalue weighted by Gasteiger charge is -2.58. The molecule has 25 heavy (non-hydrogen) atoms. The molecule has 5 rings (SSSR count). The Labute approximate surface area is 147 Å². The number of nitrogens with zero attached hydrogens (tertiary/aromatic N) is 1. The first-order chi connectivity index (χ1) is 11.8. The Bertz CT molecular complexity index is 669. The van der Waals surface area contributed by atoms with Gasteiger partial charge in [-0.05, 0) is 82.0 Å². The van der Waals surface area contributed by atoms with Gasteiger partial charge in [0.1, 0.15) is 5.82 Å². The Morgan fingerprint density at radius 2 is 1.80 bits per heavy atom. The first-order valence-electron chi connectivity index (χ1n) is 9.50. The maximum absolute atomic E-state index is 12.3. The fraction of sp³-hybridized carbons (Fsp3) is 0.833. The third-order valence-electron chi connectivity index (χ3n) is 6.40. The minimum atomic E-state index is -0.362. The van der Waals surface area contributed by atoms with Crippen LogP contribution in [0.25, 0.3) is 0 Å². The van der Waals surface area contributed by atoms with Crippen LogP contribution in [0.4, 0.5) is 4.79 Å². The van der Waals surface area contributed by atoms with Crippen molar-refractivity contribution in [3.63, 3.8) is 0 Å². The molecule has 4 aliphatic rings. The molecule has 0 spiro atoms. The molecule has 4 fully saturated rings. The number of hydrogen-bond acceptors (Lipinski definition) is 3. The van der Waals surface area contributed by atoms with Crippen LogP contribution in [0.3, 0.4) is 0 Å². The average molecular weight is 347 g/mol. The number of rotatable bonds is 5. The van der Waals surface area contributed by atoms with Crippen LogP contribution in [0.1, 0.15) is 64.6 Å². The molecule has 0 unspecified atom stereocenters. The number of urea groups is 1. The van der Waals surface area contributed by atoms with Gasteiger partial charge in [-0.1, -0.05) is 0 Å². The summed E-state index contributed by atoms with van der Waals surface area (Å²) in [6.45, 7) is 4.46. The molecular formula is C18H29N5O2. The van der Waals surface area contributed by atoms with Crippen molar-refractivity contribution >= 4 is 6.03 Å². The van der Waals surface area contributed by atoms with Gasteiger partial charge in [0.05, 0.1) is 6.54 Å². The van der Waals surface area contributed by atoms with Crippen molar-refractivity contribution in [3.05, 3.63) is 16.3 Å². The summed E-state index contributed by atoms with van der Waals surface area (Å²) in [6.07, 6.45) is 9.41. The first-order valence-corrected chi connectivity index (χ1v) is 9.50. The van der Waals surface area contributed by atoms with Gasteiger partial charge in [0, 0.05) is 5.54 Å². The minimum Gasteiger partial charge on any atom is -0.333 e. The quantitative estimate of drug-likeness (QED) is 0.657. The van der Waals surface area contributed by atoms with Crippen molar-refractivity contribution in [3.8, 4) is 0 Å². The van der Waals surface area contributed by atoms with Crippen molar-refractivity contribution in [2.24, 2.45) is 23.2 Å². The van der Waals surface area contributed by atoms with Crippen LogP contribution < -0.4 is 16.3 Å². The highest BCUT2D eigenvalue weighted by molar-refractivity contribution is 5.74. The normalized spacial score (nSPS) is 33.4. The van der Waals surface area contributed by atoms with E-state index in [1.807, 2.05) is 0 Å². The van der Waals surface area contributed by atoms with Gasteiger partial charge >= 0.3 is 11.7 Å². The number of H-pyrrole nitrogens is 2. The average Bonchev–Trinajstić information content (AvgIpc) is 2.87. The standard InChI is InChI=1S/C18H29N5O2/c1-17(2,21-15(24)19-9-14-20-16(25)23-22-14)10-18-6-11-3-12(7-18)5-13(4-11)8-18/h11-13H,3-10H2,1-2H3,(H2,19,21,24)(H2,20,22,23,25). The summed E-state index contributed by atoms with van der Waals surface area (Å²) in [7, 11) is 0. The van der Waals surface area contributed by atoms with Crippen LogP contribution in [-0.4, -0.2) is 26.8 Å². The largest absolute Gasteiger partial charge is 0.340 e. The second-order valence-corrected chi connectivity index (χ2v) is 9.41. The number of carbonyl (C=O) groups is 1. The Balaban J connectivity index is 1.33. The van der Waals surface area contributed by atoms with Crippen molar-refractivity contribution in [1.82, 2.24) is 25.8 Å². The van der Waals surface area contributed by atoms with Crippen LogP contribution >= 0.6 is 0 Å². The van der Waals surface area contributed by atoms with Crippen LogP contribution in [0.5, 0.6) is 0 Å². The summed E-state index contributed by atoms with van der Waals surface area (Å²) in [5.41, 5.74) is -0.174. The monoisotopic (exact) mass is 347 g/mol. The zero-order chi connectivity index (χ0) is 17.7. The van der Waals surface area contributed by atoms with Crippen LogP contribution in [-0.2, 0) is 6.54 Å². The highest BCUT2D eigenvalue weighted by atomic mass is 16.2. The predicted octanol–water partition coefficient (Wildman–Crippen LogP) is 2.28. The second-order valence-electron chi connectivity index (χ2n) is 9.41. The lowest BCUT2D eigenvalue weighted by atomic mass is 9.48. The lowest BCUT2D eigenvalue weighted by molar-refractivity contribution is -0.0673. The molecule has 0 aromatic carbocycles. The van der Waals surface area contributed by atoms with Gasteiger partial charge in [-0.15, -0.1) is 0 Å². The zero-order valence-electron chi connectivity index (χ0n) is 15.2. The molecular weight excluding hydrogens is 318 g/mol. The first kappa shape index (κ1) is 16.7. The SMILES string of the molecule is CC(C)(CC12CC3CC(CC(C3)C1)C2)NC(=O)NCc1n[nH]c(=O)[nH]1. The number of aromatic nitrogens is 3. The molecule has 138 valence electrons. The highest BCUT2D eigenvalue weighted by Gasteiger charge is 2.52. The number of nitrogens with one attached hydrogen (secondary N) is 4. The molecule has 7 nitrogen and oxygen atoms in total. The lowest BCUT2D eigenvalue weighted by Crippen LogP contribution is -2.54. The third kappa shape index (κ3) is 3.60. The fourth-order valence-corrected chi connectivity index (χ4v) is 6.39. The number of amides is 2. The molecule has 0 aliphatic heterocycles. The summed E-state index contributed by atoms with van der Waals surface area (Å²) in [5.74, 6) is 3.20. The van der Waals surface area contributed by atoms with E-state index in [4.69, 9.17) is 0 Å². The molecule has 0 saturated heterocycles. The summed E-state index contributed by atoms with van der Waals surface area (Å²) in [4.78, 5) is 25.8. The van der Waals surface area contributed by atoms with Gasteiger partial charge < -0.3 is 10.6 Å². The van der Waals surface area contributed by atoms with E-state index < -0.39 is 0 Å². The molecule has 1 aromatic rings. The number of aromatic amines is 2. The maximum Gasteiger partial charge on any atom is 0.340 e. The Kier molecular flexibility index (Phi) is 3.92. The Morgan fingerprint density at radius 1 is 1.20 bits per heavy atom. The van der Waals surface area contributed by atoms with Crippen molar-refractivity contribution in [2.75, 3.05) is 0 Å². The minimum absolute atomic E-state index is 0.206. The zero-order valence-corrected chi connectivity index (χ0v) is 15.2. The summed E-state index contributed by atoms with van der Waals surface area (Å²) < 4.78 is 0. The van der Waals surface area contributed by atoms with E-state index in [1.54, 1.807) is 0 Å². The fourth-order valence-electron chi connectivity index (χ4n) is 6.39. The van der Waals surface area contributed by atoms with E-state index in [0.717, 1.165) is 24.2 Å². The van der Waals surface area contributed by atoms with E-state index >= 15 is 0 Å². The molecule has 1 aromatic heterocycles. The van der Waals surface area contributed by atoms with E-state index in [1.165, 1.54) is 38.5 Å². The summed E-state index contributed by atoms with van der Waals surface area (Å²) >= 11 is 0. The summed E-state index contributed by atoms with van der Waals surface area (Å²) in [5, 5.41) is 12.0. The molecule has 0 radical (unpaired) electrons. The molecule has 1 heterocycles. The molecule has 2 amide bonds. The summed E-state index contributed by atoms with van der Waals surface area (Å²) in [6, 6.07) is -0.210. The topological polar surface area (TPSA) is 103 Å². The number of carbonyl (C=O) groups excluding carboxylic acids is 1. The Morgan fingerprint density at radius 3 is 2.32 bits per heavy atom. The molecule has 4 saturated carbocycles. The Hall–Kier alpha value is -1.79. The predicted molar refractivity (Wildman–Crippen MR) is 93.9 cm³/mol. The van der Waals surface area contributed by atoms with Crippen molar-refractivity contribution in [1.29, 1.82) is 0 Å². The van der Waals surface area contributed by atoms with E-state index in [2.05, 4.69) is 39.7 Å². The van der Waals surface area contributed by atoms with Gasteiger partial charge in [-0.25, -0.2) is 14.7 Å². The molecule has 0 atom stereocenters. The van der Waals surface area contributed by atoms with Gasteiger partial charge in [0.2, 0.25) is 0 Å². The van der Waals surface area contributed by atoms with Crippen LogP contribution in [0.2, 0.25) is 0 Å². The van der Waals surface area contributed by atoms with Crippen molar-refractivity contribution in [2.45, 2.75) is 70.9 Å². The van der Waals surface area contributed by atoms with E-state index in [-0.39, 0.29) is 23.8 Å². The third-order valence-corrected chi connectivity index (χ3v) is 6.40.